The highest BCUT2D eigenvalue weighted by atomic mass is 16.2. The van der Waals surface area contributed by atoms with Gasteiger partial charge >= 0.3 is 0 Å². The number of nitrogens with one attached hydrogen (secondary N) is 3. The van der Waals surface area contributed by atoms with Crippen molar-refractivity contribution in [3.63, 3.8) is 0 Å². The molecular weight excluding hydrogens is 330 g/mol. The molecule has 8 nitrogen and oxygen atoms in total. The van der Waals surface area contributed by atoms with Crippen LogP contribution in [0.2, 0.25) is 0 Å². The smallest absolute Gasteiger partial charge is 0.271 e. The topological polar surface area (TPSA) is 118 Å². The molecular formula is C18H19N7O. The molecule has 1 amide bonds. The molecule has 1 aromatic carbocycles. The van der Waals surface area contributed by atoms with E-state index in [1.807, 2.05) is 18.2 Å². The Labute approximate surface area is 150 Å². The zero-order valence-electron chi connectivity index (χ0n) is 14.0. The summed E-state index contributed by atoms with van der Waals surface area (Å²) < 4.78 is 0. The number of carbonyl (C=O) groups excluding carboxylic acids is 1. The Morgan fingerprint density at radius 1 is 1.04 bits per heavy atom. The van der Waals surface area contributed by atoms with E-state index in [2.05, 4.69) is 43.3 Å². The van der Waals surface area contributed by atoms with E-state index in [9.17, 15) is 4.79 Å². The fourth-order valence-electron chi connectivity index (χ4n) is 2.29. The first kappa shape index (κ1) is 17.2. The molecule has 3 aromatic rings. The minimum absolute atomic E-state index is 0.319. The minimum atomic E-state index is -0.338. The molecule has 0 fully saturated rings. The monoisotopic (exact) mass is 349 g/mol. The molecule has 0 bridgehead atoms. The van der Waals surface area contributed by atoms with Crippen molar-refractivity contribution in [3.8, 4) is 0 Å². The van der Waals surface area contributed by atoms with Crippen LogP contribution >= 0.6 is 0 Å². The van der Waals surface area contributed by atoms with Crippen molar-refractivity contribution in [2.45, 2.75) is 6.42 Å². The lowest BCUT2D eigenvalue weighted by atomic mass is 10.1. The van der Waals surface area contributed by atoms with Gasteiger partial charge < -0.3 is 11.1 Å². The normalized spacial score (nSPS) is 10.2. The highest BCUT2D eigenvalue weighted by Gasteiger charge is 2.10. The average Bonchev–Trinajstić information content (AvgIpc) is 2.69. The van der Waals surface area contributed by atoms with Gasteiger partial charge in [0.05, 0.1) is 5.56 Å². The molecule has 0 spiro atoms. The van der Waals surface area contributed by atoms with E-state index in [1.165, 1.54) is 18.1 Å². The van der Waals surface area contributed by atoms with Crippen molar-refractivity contribution in [2.24, 2.45) is 0 Å². The number of benzene rings is 1. The number of hydrazine groups is 1. The van der Waals surface area contributed by atoms with Crippen LogP contribution in [0, 0.1) is 0 Å². The SMILES string of the molecule is Nc1c(NCCc2ccccc2)ncnc1NNC(=O)c1cccnc1. The van der Waals surface area contributed by atoms with Crippen LogP contribution in [0.1, 0.15) is 15.9 Å². The van der Waals surface area contributed by atoms with Gasteiger partial charge in [0.1, 0.15) is 12.0 Å². The summed E-state index contributed by atoms with van der Waals surface area (Å²) in [6.07, 6.45) is 5.28. The van der Waals surface area contributed by atoms with E-state index in [-0.39, 0.29) is 5.91 Å². The molecule has 3 rings (SSSR count). The van der Waals surface area contributed by atoms with Crippen LogP contribution in [-0.4, -0.2) is 27.4 Å². The molecule has 0 aliphatic heterocycles. The number of nitrogens with two attached hydrogens (primary N) is 1. The van der Waals surface area contributed by atoms with Gasteiger partial charge in [-0.3, -0.25) is 20.6 Å². The number of nitrogens with zero attached hydrogens (tertiary/aromatic N) is 3. The van der Waals surface area contributed by atoms with Crippen LogP contribution in [0.25, 0.3) is 0 Å². The van der Waals surface area contributed by atoms with Gasteiger partial charge in [-0.2, -0.15) is 0 Å². The van der Waals surface area contributed by atoms with Crippen molar-refractivity contribution in [1.82, 2.24) is 20.4 Å². The Bertz CT molecular complexity index is 856. The summed E-state index contributed by atoms with van der Waals surface area (Å²) in [7, 11) is 0. The highest BCUT2D eigenvalue weighted by Crippen LogP contribution is 2.21. The zero-order chi connectivity index (χ0) is 18.2. The van der Waals surface area contributed by atoms with Gasteiger partial charge in [-0.15, -0.1) is 0 Å². The summed E-state index contributed by atoms with van der Waals surface area (Å²) in [6, 6.07) is 13.4. The molecule has 5 N–H and O–H groups in total. The second-order valence-electron chi connectivity index (χ2n) is 5.47. The predicted molar refractivity (Wildman–Crippen MR) is 100 cm³/mol. The number of carbonyl (C=O) groups is 1. The molecule has 0 saturated heterocycles. The third kappa shape index (κ3) is 4.44. The second kappa shape index (κ2) is 8.43. The van der Waals surface area contributed by atoms with Crippen LogP contribution < -0.4 is 21.9 Å². The van der Waals surface area contributed by atoms with Crippen LogP contribution in [0.3, 0.4) is 0 Å². The lowest BCUT2D eigenvalue weighted by Crippen LogP contribution is -2.30. The van der Waals surface area contributed by atoms with Gasteiger partial charge in [-0.25, -0.2) is 9.97 Å². The van der Waals surface area contributed by atoms with Gasteiger partial charge in [0.2, 0.25) is 0 Å². The van der Waals surface area contributed by atoms with Crippen LogP contribution in [0.4, 0.5) is 17.3 Å². The molecule has 0 saturated carbocycles. The maximum Gasteiger partial charge on any atom is 0.271 e. The Morgan fingerprint density at radius 2 is 1.85 bits per heavy atom. The summed E-state index contributed by atoms with van der Waals surface area (Å²) in [5, 5.41) is 3.18. The van der Waals surface area contributed by atoms with Crippen molar-refractivity contribution in [3.05, 3.63) is 72.3 Å². The molecule has 26 heavy (non-hydrogen) atoms. The summed E-state index contributed by atoms with van der Waals surface area (Å²) in [4.78, 5) is 24.1. The van der Waals surface area contributed by atoms with E-state index in [4.69, 9.17) is 5.73 Å². The molecule has 0 atom stereocenters. The number of anilines is 3. The Kier molecular flexibility index (Phi) is 5.56. The summed E-state index contributed by atoms with van der Waals surface area (Å²) in [5.74, 6) is 0.489. The van der Waals surface area contributed by atoms with Gasteiger partial charge in [0.25, 0.3) is 5.91 Å². The number of aromatic nitrogens is 3. The first-order chi connectivity index (χ1) is 12.7. The fourth-order valence-corrected chi connectivity index (χ4v) is 2.29. The maximum atomic E-state index is 12.0. The Morgan fingerprint density at radius 3 is 2.62 bits per heavy atom. The van der Waals surface area contributed by atoms with E-state index in [1.54, 1.807) is 18.3 Å². The number of rotatable bonds is 7. The molecule has 8 heteroatoms. The maximum absolute atomic E-state index is 12.0. The Balaban J connectivity index is 1.57. The summed E-state index contributed by atoms with van der Waals surface area (Å²) in [5.41, 5.74) is 13.3. The lowest BCUT2D eigenvalue weighted by Gasteiger charge is -2.13. The fraction of sp³-hybridized carbons (Fsp3) is 0.111. The van der Waals surface area contributed by atoms with E-state index in [0.29, 0.717) is 29.4 Å². The molecule has 132 valence electrons. The molecule has 2 aromatic heterocycles. The van der Waals surface area contributed by atoms with Gasteiger partial charge in [0, 0.05) is 18.9 Å². The summed E-state index contributed by atoms with van der Waals surface area (Å²) >= 11 is 0. The van der Waals surface area contributed by atoms with Gasteiger partial charge in [-0.1, -0.05) is 30.3 Å². The van der Waals surface area contributed by atoms with E-state index in [0.717, 1.165) is 6.42 Å². The number of hydrogen-bond acceptors (Lipinski definition) is 7. The van der Waals surface area contributed by atoms with Gasteiger partial charge in [0.15, 0.2) is 11.6 Å². The lowest BCUT2D eigenvalue weighted by molar-refractivity contribution is 0.0962. The average molecular weight is 349 g/mol. The summed E-state index contributed by atoms with van der Waals surface area (Å²) in [6.45, 7) is 0.673. The minimum Gasteiger partial charge on any atom is -0.393 e. The quantitative estimate of drug-likeness (QED) is 0.481. The molecule has 0 aliphatic rings. The van der Waals surface area contributed by atoms with E-state index >= 15 is 0 Å². The van der Waals surface area contributed by atoms with Crippen molar-refractivity contribution < 1.29 is 4.79 Å². The zero-order valence-corrected chi connectivity index (χ0v) is 14.0. The molecule has 0 unspecified atom stereocenters. The Hall–Kier alpha value is -3.68. The van der Waals surface area contributed by atoms with Crippen LogP contribution in [0.15, 0.2) is 61.2 Å². The standard InChI is InChI=1S/C18H19N7O/c19-15-16(21-10-8-13-5-2-1-3-6-13)22-12-23-17(15)24-25-18(26)14-7-4-9-20-11-14/h1-7,9,11-12H,8,10,19H2,(H,25,26)(H2,21,22,23,24). The third-order valence-electron chi connectivity index (χ3n) is 3.65. The number of pyridine rings is 1. The van der Waals surface area contributed by atoms with Crippen LogP contribution in [0.5, 0.6) is 0 Å². The van der Waals surface area contributed by atoms with Crippen LogP contribution in [-0.2, 0) is 6.42 Å². The first-order valence-electron chi connectivity index (χ1n) is 8.08. The van der Waals surface area contributed by atoms with Gasteiger partial charge in [-0.05, 0) is 24.1 Å². The van der Waals surface area contributed by atoms with Crippen molar-refractivity contribution >= 4 is 23.2 Å². The van der Waals surface area contributed by atoms with Crippen molar-refractivity contribution in [1.29, 1.82) is 0 Å². The molecule has 2 heterocycles. The highest BCUT2D eigenvalue weighted by molar-refractivity contribution is 5.94. The van der Waals surface area contributed by atoms with E-state index < -0.39 is 0 Å². The predicted octanol–water partition coefficient (Wildman–Crippen LogP) is 1.87. The first-order valence-corrected chi connectivity index (χ1v) is 8.08. The second-order valence-corrected chi connectivity index (χ2v) is 5.47. The number of nitrogen functional groups attached to an aromatic ring is 1. The number of hydrogen-bond donors (Lipinski definition) is 4. The van der Waals surface area contributed by atoms with Crippen molar-refractivity contribution in [2.75, 3.05) is 23.0 Å². The largest absolute Gasteiger partial charge is 0.393 e. The molecule has 0 aliphatic carbocycles. The third-order valence-corrected chi connectivity index (χ3v) is 3.65. The molecule has 0 radical (unpaired) electrons. The number of amides is 1.